The quantitative estimate of drug-likeness (QED) is 0.684. The number of rotatable bonds is 3. The van der Waals surface area contributed by atoms with Gasteiger partial charge in [0.05, 0.1) is 10.2 Å². The maximum Gasteiger partial charge on any atom is 0.300 e. The van der Waals surface area contributed by atoms with Crippen LogP contribution in [0.25, 0.3) is 10.2 Å². The first-order valence-corrected chi connectivity index (χ1v) is 7.91. The lowest BCUT2D eigenvalue weighted by Crippen LogP contribution is -2.17. The Morgan fingerprint density at radius 3 is 2.83 bits per heavy atom. The minimum atomic E-state index is -0.703. The summed E-state index contributed by atoms with van der Waals surface area (Å²) in [6.07, 6.45) is 3.27. The highest BCUT2D eigenvalue weighted by Crippen LogP contribution is 2.22. The standard InChI is InChI=1S/C16H14F2N4OS/c1-4-5-22-14-11(18)6-10(17)7-12(14)24-16(22)19-15(23)13-9(2)8-21(3)20-13/h4,6-8H,1,5H2,2-3H3. The van der Waals surface area contributed by atoms with Crippen LogP contribution in [0.2, 0.25) is 0 Å². The van der Waals surface area contributed by atoms with Crippen LogP contribution in [0.4, 0.5) is 8.78 Å². The molecule has 0 saturated heterocycles. The molecule has 0 atom stereocenters. The van der Waals surface area contributed by atoms with Gasteiger partial charge in [0.25, 0.3) is 5.91 Å². The Morgan fingerprint density at radius 1 is 1.46 bits per heavy atom. The molecule has 0 aliphatic heterocycles. The highest BCUT2D eigenvalue weighted by atomic mass is 32.1. The third-order valence-electron chi connectivity index (χ3n) is 3.42. The van der Waals surface area contributed by atoms with Crippen LogP contribution in [0.1, 0.15) is 16.1 Å². The van der Waals surface area contributed by atoms with Crippen LogP contribution in [0.3, 0.4) is 0 Å². The third-order valence-corrected chi connectivity index (χ3v) is 4.44. The molecule has 0 unspecified atom stereocenters. The zero-order valence-electron chi connectivity index (χ0n) is 13.1. The van der Waals surface area contributed by atoms with Gasteiger partial charge in [-0.25, -0.2) is 8.78 Å². The van der Waals surface area contributed by atoms with Crippen LogP contribution in [0.15, 0.2) is 36.0 Å². The van der Waals surface area contributed by atoms with Crippen molar-refractivity contribution in [2.24, 2.45) is 12.0 Å². The van der Waals surface area contributed by atoms with Crippen molar-refractivity contribution < 1.29 is 13.6 Å². The fourth-order valence-electron chi connectivity index (χ4n) is 2.47. The number of carbonyl (C=O) groups is 1. The molecule has 124 valence electrons. The highest BCUT2D eigenvalue weighted by molar-refractivity contribution is 7.16. The van der Waals surface area contributed by atoms with Gasteiger partial charge in [-0.15, -0.1) is 6.58 Å². The number of allylic oxidation sites excluding steroid dienone is 1. The summed E-state index contributed by atoms with van der Waals surface area (Å²) in [6.45, 7) is 5.63. The van der Waals surface area contributed by atoms with Gasteiger partial charge in [0.2, 0.25) is 0 Å². The molecule has 0 N–H and O–H groups in total. The average molecular weight is 348 g/mol. The Kier molecular flexibility index (Phi) is 4.15. The van der Waals surface area contributed by atoms with Gasteiger partial charge in [0.15, 0.2) is 16.3 Å². The Labute approximate surface area is 140 Å². The summed E-state index contributed by atoms with van der Waals surface area (Å²) >= 11 is 1.04. The lowest BCUT2D eigenvalue weighted by atomic mass is 10.3. The molecule has 0 fully saturated rings. The van der Waals surface area contributed by atoms with Crippen molar-refractivity contribution >= 4 is 27.5 Å². The second-order valence-corrected chi connectivity index (χ2v) is 6.28. The number of hydrogen-bond acceptors (Lipinski definition) is 3. The summed E-state index contributed by atoms with van der Waals surface area (Å²) in [7, 11) is 1.71. The summed E-state index contributed by atoms with van der Waals surface area (Å²) < 4.78 is 31.0. The minimum absolute atomic E-state index is 0.200. The number of thiazole rings is 1. The zero-order valence-corrected chi connectivity index (χ0v) is 13.9. The molecule has 3 aromatic rings. The van der Waals surface area contributed by atoms with E-state index >= 15 is 0 Å². The van der Waals surface area contributed by atoms with Crippen molar-refractivity contribution in [2.45, 2.75) is 13.5 Å². The van der Waals surface area contributed by atoms with Gasteiger partial charge >= 0.3 is 0 Å². The molecule has 24 heavy (non-hydrogen) atoms. The van der Waals surface area contributed by atoms with E-state index in [1.54, 1.807) is 26.2 Å². The largest absolute Gasteiger partial charge is 0.310 e. The average Bonchev–Trinajstić information content (AvgIpc) is 2.99. The van der Waals surface area contributed by atoms with Crippen LogP contribution in [0, 0.1) is 18.6 Å². The van der Waals surface area contributed by atoms with Gasteiger partial charge < -0.3 is 4.57 Å². The van der Waals surface area contributed by atoms with Crippen LogP contribution in [-0.2, 0) is 13.6 Å². The fraction of sp³-hybridized carbons (Fsp3) is 0.188. The number of benzene rings is 1. The normalized spacial score (nSPS) is 12.1. The van der Waals surface area contributed by atoms with Crippen molar-refractivity contribution in [2.75, 3.05) is 0 Å². The lowest BCUT2D eigenvalue weighted by Gasteiger charge is -2.02. The number of aryl methyl sites for hydroxylation is 2. The number of carbonyl (C=O) groups excluding carboxylic acids is 1. The number of fused-ring (bicyclic) bond motifs is 1. The third kappa shape index (κ3) is 2.80. The Bertz CT molecular complexity index is 1030. The molecular formula is C16H14F2N4OS. The van der Waals surface area contributed by atoms with E-state index in [9.17, 15) is 13.6 Å². The molecule has 8 heteroatoms. The van der Waals surface area contributed by atoms with Crippen LogP contribution in [0.5, 0.6) is 0 Å². The smallest absolute Gasteiger partial charge is 0.300 e. The van der Waals surface area contributed by atoms with Crippen molar-refractivity contribution in [1.82, 2.24) is 14.3 Å². The molecule has 0 aliphatic carbocycles. The van der Waals surface area contributed by atoms with E-state index < -0.39 is 17.5 Å². The first-order chi connectivity index (χ1) is 11.4. The molecule has 1 amide bonds. The van der Waals surface area contributed by atoms with E-state index in [1.165, 1.54) is 15.3 Å². The number of aromatic nitrogens is 3. The van der Waals surface area contributed by atoms with Gasteiger partial charge in [0, 0.05) is 31.4 Å². The van der Waals surface area contributed by atoms with Crippen molar-refractivity contribution in [3.63, 3.8) is 0 Å². The molecule has 0 aliphatic rings. The van der Waals surface area contributed by atoms with Crippen molar-refractivity contribution in [3.8, 4) is 0 Å². The summed E-state index contributed by atoms with van der Waals surface area (Å²) in [5.41, 5.74) is 1.12. The van der Waals surface area contributed by atoms with Crippen molar-refractivity contribution in [3.05, 3.63) is 58.7 Å². The number of amides is 1. The van der Waals surface area contributed by atoms with E-state index in [1.807, 2.05) is 0 Å². The Hall–Kier alpha value is -2.61. The summed E-state index contributed by atoms with van der Waals surface area (Å²) in [5.74, 6) is -1.91. The van der Waals surface area contributed by atoms with Crippen LogP contribution < -0.4 is 4.80 Å². The Balaban J connectivity index is 2.23. The number of nitrogens with zero attached hydrogens (tertiary/aromatic N) is 4. The molecule has 1 aromatic carbocycles. The topological polar surface area (TPSA) is 52.2 Å². The minimum Gasteiger partial charge on any atom is -0.310 e. The van der Waals surface area contributed by atoms with E-state index in [4.69, 9.17) is 0 Å². The molecule has 5 nitrogen and oxygen atoms in total. The maximum absolute atomic E-state index is 14.1. The van der Waals surface area contributed by atoms with Crippen LogP contribution in [-0.4, -0.2) is 20.3 Å². The number of halogens is 2. The Morgan fingerprint density at radius 2 is 2.21 bits per heavy atom. The molecule has 0 bridgehead atoms. The lowest BCUT2D eigenvalue weighted by molar-refractivity contribution is 0.0992. The SMILES string of the molecule is C=CCn1c(=NC(=O)c2nn(C)cc2C)sc2cc(F)cc(F)c21. The fourth-order valence-corrected chi connectivity index (χ4v) is 3.55. The molecule has 2 aromatic heterocycles. The van der Waals surface area contributed by atoms with E-state index in [0.29, 0.717) is 10.3 Å². The predicted molar refractivity (Wildman–Crippen MR) is 87.8 cm³/mol. The molecule has 2 heterocycles. The van der Waals surface area contributed by atoms with Gasteiger partial charge in [-0.2, -0.15) is 10.1 Å². The van der Waals surface area contributed by atoms with E-state index in [2.05, 4.69) is 16.7 Å². The first-order valence-electron chi connectivity index (χ1n) is 7.09. The summed E-state index contributed by atoms with van der Waals surface area (Å²) in [4.78, 5) is 16.7. The number of hydrogen-bond donors (Lipinski definition) is 0. The monoisotopic (exact) mass is 348 g/mol. The molecule has 0 radical (unpaired) electrons. The molecule has 0 spiro atoms. The van der Waals surface area contributed by atoms with Gasteiger partial charge in [-0.3, -0.25) is 9.48 Å². The summed E-state index contributed by atoms with van der Waals surface area (Å²) in [5, 5.41) is 4.08. The van der Waals surface area contributed by atoms with E-state index in [0.717, 1.165) is 17.4 Å². The predicted octanol–water partition coefficient (Wildman–Crippen LogP) is 2.95. The molecule has 0 saturated carbocycles. The van der Waals surface area contributed by atoms with Crippen LogP contribution >= 0.6 is 11.3 Å². The summed E-state index contributed by atoms with van der Waals surface area (Å²) in [6, 6.07) is 2.03. The van der Waals surface area contributed by atoms with E-state index in [-0.39, 0.29) is 22.6 Å². The zero-order chi connectivity index (χ0) is 17.4. The highest BCUT2D eigenvalue weighted by Gasteiger charge is 2.16. The molecular weight excluding hydrogens is 334 g/mol. The second-order valence-electron chi connectivity index (χ2n) is 5.27. The first kappa shape index (κ1) is 16.3. The second kappa shape index (κ2) is 6.12. The van der Waals surface area contributed by atoms with Gasteiger partial charge in [0.1, 0.15) is 5.82 Å². The van der Waals surface area contributed by atoms with Crippen molar-refractivity contribution in [1.29, 1.82) is 0 Å². The maximum atomic E-state index is 14.1. The van der Waals surface area contributed by atoms with Gasteiger partial charge in [-0.05, 0) is 13.0 Å². The molecule has 3 rings (SSSR count). The van der Waals surface area contributed by atoms with Gasteiger partial charge in [-0.1, -0.05) is 17.4 Å².